The number of rotatable bonds is 4. The van der Waals surface area contributed by atoms with Crippen molar-refractivity contribution in [3.8, 4) is 11.4 Å². The molecule has 0 saturated heterocycles. The molecule has 6 nitrogen and oxygen atoms in total. The summed E-state index contributed by atoms with van der Waals surface area (Å²) in [5.74, 6) is -0.567. The first-order valence-corrected chi connectivity index (χ1v) is 8.19. The number of alkyl halides is 3. The minimum atomic E-state index is -4.49. The van der Waals surface area contributed by atoms with Crippen LogP contribution in [0.25, 0.3) is 11.4 Å². The van der Waals surface area contributed by atoms with Crippen LogP contribution in [0.4, 0.5) is 18.9 Å². The molecule has 0 atom stereocenters. The van der Waals surface area contributed by atoms with Gasteiger partial charge in [-0.25, -0.2) is 0 Å². The predicted molar refractivity (Wildman–Crippen MR) is 93.3 cm³/mol. The number of carbonyl (C=O) groups is 1. The van der Waals surface area contributed by atoms with Gasteiger partial charge in [0.05, 0.1) is 21.3 Å². The van der Waals surface area contributed by atoms with Crippen molar-refractivity contribution in [3.05, 3.63) is 58.1 Å². The monoisotopic (exact) mass is 415 g/mol. The van der Waals surface area contributed by atoms with Gasteiger partial charge in [-0.2, -0.15) is 18.0 Å². The van der Waals surface area contributed by atoms with Crippen LogP contribution in [0.3, 0.4) is 0 Å². The van der Waals surface area contributed by atoms with Crippen molar-refractivity contribution in [1.82, 2.24) is 20.2 Å². The Balaban J connectivity index is 1.74. The Labute approximate surface area is 160 Å². The van der Waals surface area contributed by atoms with Gasteiger partial charge in [-0.15, -0.1) is 10.2 Å². The van der Waals surface area contributed by atoms with E-state index in [1.165, 1.54) is 12.1 Å². The molecular weight excluding hydrogens is 406 g/mol. The van der Waals surface area contributed by atoms with Gasteiger partial charge in [0.15, 0.2) is 0 Å². The Kier molecular flexibility index (Phi) is 5.33. The molecule has 27 heavy (non-hydrogen) atoms. The molecule has 3 rings (SSSR count). The number of tetrazole rings is 1. The van der Waals surface area contributed by atoms with Gasteiger partial charge in [-0.05, 0) is 29.5 Å². The maximum Gasteiger partial charge on any atom is 0.416 e. The summed E-state index contributed by atoms with van der Waals surface area (Å²) in [6, 6.07) is 9.25. The number of hydrogen-bond acceptors (Lipinski definition) is 4. The van der Waals surface area contributed by atoms with Gasteiger partial charge in [0.25, 0.3) is 0 Å². The van der Waals surface area contributed by atoms with Crippen LogP contribution in [0, 0.1) is 0 Å². The fourth-order valence-corrected chi connectivity index (χ4v) is 2.68. The van der Waals surface area contributed by atoms with Crippen molar-refractivity contribution in [1.29, 1.82) is 0 Å². The topological polar surface area (TPSA) is 72.7 Å². The Morgan fingerprint density at radius 2 is 1.78 bits per heavy atom. The van der Waals surface area contributed by atoms with Gasteiger partial charge in [0, 0.05) is 5.56 Å². The van der Waals surface area contributed by atoms with E-state index in [-0.39, 0.29) is 33.7 Å². The lowest BCUT2D eigenvalue weighted by Crippen LogP contribution is -2.20. The second-order valence-electron chi connectivity index (χ2n) is 5.37. The number of nitrogens with one attached hydrogen (secondary N) is 1. The van der Waals surface area contributed by atoms with E-state index in [0.717, 1.165) is 16.9 Å². The molecule has 0 spiro atoms. The molecule has 11 heteroatoms. The van der Waals surface area contributed by atoms with E-state index < -0.39 is 17.6 Å². The number of para-hydroxylation sites is 1. The fraction of sp³-hybridized carbons (Fsp3) is 0.125. The number of carbonyl (C=O) groups excluding carboxylic acids is 1. The third-order valence-electron chi connectivity index (χ3n) is 3.41. The lowest BCUT2D eigenvalue weighted by Gasteiger charge is -2.08. The van der Waals surface area contributed by atoms with Gasteiger partial charge in [-0.1, -0.05) is 41.4 Å². The van der Waals surface area contributed by atoms with Crippen molar-refractivity contribution in [2.24, 2.45) is 0 Å². The van der Waals surface area contributed by atoms with Crippen LogP contribution in [0.2, 0.25) is 10.0 Å². The van der Waals surface area contributed by atoms with Gasteiger partial charge in [0.1, 0.15) is 6.54 Å². The number of hydrogen-bond donors (Lipinski definition) is 1. The lowest BCUT2D eigenvalue weighted by atomic mass is 10.1. The average Bonchev–Trinajstić information content (AvgIpc) is 3.06. The smallest absolute Gasteiger partial charge is 0.322 e. The van der Waals surface area contributed by atoms with Crippen LogP contribution >= 0.6 is 23.2 Å². The van der Waals surface area contributed by atoms with Gasteiger partial charge in [-0.3, -0.25) is 4.79 Å². The largest absolute Gasteiger partial charge is 0.416 e. The van der Waals surface area contributed by atoms with Crippen molar-refractivity contribution < 1.29 is 18.0 Å². The van der Waals surface area contributed by atoms with Crippen molar-refractivity contribution in [2.45, 2.75) is 12.7 Å². The molecule has 0 unspecified atom stereocenters. The maximum absolute atomic E-state index is 12.8. The summed E-state index contributed by atoms with van der Waals surface area (Å²) in [6.07, 6.45) is -4.49. The maximum atomic E-state index is 12.8. The van der Waals surface area contributed by atoms with Crippen LogP contribution < -0.4 is 5.32 Å². The molecule has 1 aromatic heterocycles. The van der Waals surface area contributed by atoms with E-state index in [0.29, 0.717) is 0 Å². The zero-order valence-corrected chi connectivity index (χ0v) is 14.8. The molecule has 2 aromatic carbocycles. The normalized spacial score (nSPS) is 11.4. The highest BCUT2D eigenvalue weighted by atomic mass is 35.5. The number of halogens is 5. The Bertz CT molecular complexity index is 970. The summed E-state index contributed by atoms with van der Waals surface area (Å²) in [7, 11) is 0. The zero-order valence-electron chi connectivity index (χ0n) is 13.3. The minimum absolute atomic E-state index is 0.0373. The molecule has 0 bridgehead atoms. The van der Waals surface area contributed by atoms with Crippen LogP contribution in [0.5, 0.6) is 0 Å². The summed E-state index contributed by atoms with van der Waals surface area (Å²) in [5, 5.41) is 14.3. The van der Waals surface area contributed by atoms with Crippen molar-refractivity contribution in [3.63, 3.8) is 0 Å². The first kappa shape index (κ1) is 19.1. The molecular formula is C16H10Cl2F3N5O. The van der Waals surface area contributed by atoms with Gasteiger partial charge >= 0.3 is 6.18 Å². The van der Waals surface area contributed by atoms with Crippen LogP contribution in [0.1, 0.15) is 5.56 Å². The van der Waals surface area contributed by atoms with E-state index >= 15 is 0 Å². The van der Waals surface area contributed by atoms with E-state index in [4.69, 9.17) is 23.2 Å². The Morgan fingerprint density at radius 1 is 1.11 bits per heavy atom. The van der Waals surface area contributed by atoms with Crippen LogP contribution in [-0.4, -0.2) is 26.1 Å². The summed E-state index contributed by atoms with van der Waals surface area (Å²) < 4.78 is 38.4. The SMILES string of the molecule is O=C(Cn1nnc(-c2cccc(C(F)(F)F)c2)n1)Nc1c(Cl)cccc1Cl. The molecule has 1 N–H and O–H groups in total. The average molecular weight is 416 g/mol. The van der Waals surface area contributed by atoms with E-state index in [2.05, 4.69) is 20.7 Å². The highest BCUT2D eigenvalue weighted by Gasteiger charge is 2.30. The zero-order chi connectivity index (χ0) is 19.6. The molecule has 3 aromatic rings. The molecule has 0 aliphatic rings. The van der Waals surface area contributed by atoms with Crippen molar-refractivity contribution in [2.75, 3.05) is 5.32 Å². The summed E-state index contributed by atoms with van der Waals surface area (Å²) in [6.45, 7) is -0.326. The molecule has 1 amide bonds. The van der Waals surface area contributed by atoms with E-state index in [1.54, 1.807) is 18.2 Å². The molecule has 0 aliphatic heterocycles. The number of amides is 1. The first-order chi connectivity index (χ1) is 12.7. The number of nitrogens with zero attached hydrogens (tertiary/aromatic N) is 4. The standard InChI is InChI=1S/C16H10Cl2F3N5O/c17-11-5-2-6-12(18)14(11)22-13(27)8-26-24-15(23-25-26)9-3-1-4-10(7-9)16(19,20)21/h1-7H,8H2,(H,22,27). The van der Waals surface area contributed by atoms with Gasteiger partial charge in [0.2, 0.25) is 11.7 Å². The third kappa shape index (κ3) is 4.55. The van der Waals surface area contributed by atoms with Crippen LogP contribution in [-0.2, 0) is 17.5 Å². The lowest BCUT2D eigenvalue weighted by molar-refractivity contribution is -0.137. The van der Waals surface area contributed by atoms with Crippen molar-refractivity contribution >= 4 is 34.8 Å². The third-order valence-corrected chi connectivity index (χ3v) is 4.04. The van der Waals surface area contributed by atoms with Gasteiger partial charge < -0.3 is 5.32 Å². The highest BCUT2D eigenvalue weighted by Crippen LogP contribution is 2.31. The Hall–Kier alpha value is -2.65. The van der Waals surface area contributed by atoms with Crippen LogP contribution in [0.15, 0.2) is 42.5 Å². The van der Waals surface area contributed by atoms with E-state index in [9.17, 15) is 18.0 Å². The quantitative estimate of drug-likeness (QED) is 0.689. The molecule has 1 heterocycles. The highest BCUT2D eigenvalue weighted by molar-refractivity contribution is 6.39. The summed E-state index contributed by atoms with van der Waals surface area (Å²) >= 11 is 11.9. The number of aromatic nitrogens is 4. The second-order valence-corrected chi connectivity index (χ2v) is 6.18. The molecule has 0 radical (unpaired) electrons. The summed E-state index contributed by atoms with van der Waals surface area (Å²) in [5.41, 5.74) is -0.461. The Morgan fingerprint density at radius 3 is 2.44 bits per heavy atom. The molecule has 0 fully saturated rings. The number of anilines is 1. The molecule has 0 saturated carbocycles. The molecule has 0 aliphatic carbocycles. The fourth-order valence-electron chi connectivity index (χ4n) is 2.19. The minimum Gasteiger partial charge on any atom is -0.322 e. The molecule has 140 valence electrons. The summed E-state index contributed by atoms with van der Waals surface area (Å²) in [4.78, 5) is 13.1. The predicted octanol–water partition coefficient (Wildman–Crippen LogP) is 4.30. The van der Waals surface area contributed by atoms with E-state index in [1.807, 2.05) is 0 Å². The second kappa shape index (κ2) is 7.53. The first-order valence-electron chi connectivity index (χ1n) is 7.43. The number of benzene rings is 2.